The van der Waals surface area contributed by atoms with Crippen LogP contribution in [-0.4, -0.2) is 14.3 Å². The van der Waals surface area contributed by atoms with Gasteiger partial charge in [0, 0.05) is 0 Å². The summed E-state index contributed by atoms with van der Waals surface area (Å²) in [4.78, 5) is 10.9. The molecule has 0 atom stereocenters. The van der Waals surface area contributed by atoms with Gasteiger partial charge < -0.3 is 4.43 Å². The lowest BCUT2D eigenvalue weighted by molar-refractivity contribution is -0.130. The Bertz CT molecular complexity index is 161. The molecule has 0 saturated carbocycles. The van der Waals surface area contributed by atoms with Gasteiger partial charge in [-0.15, -0.1) is 0 Å². The quantitative estimate of drug-likeness (QED) is 0.607. The summed E-state index contributed by atoms with van der Waals surface area (Å²) in [5.41, 5.74) is 0. The van der Waals surface area contributed by atoms with E-state index in [0.29, 0.717) is 0 Å². The van der Waals surface area contributed by atoms with Crippen LogP contribution >= 0.6 is 0 Å². The first kappa shape index (κ1) is 13.7. The highest BCUT2D eigenvalue weighted by atomic mass is 28.4. The predicted octanol–water partition coefficient (Wildman–Crippen LogP) is 3.54. The van der Waals surface area contributed by atoms with E-state index in [9.17, 15) is 4.79 Å². The first-order valence-electron chi connectivity index (χ1n) is 5.59. The minimum Gasteiger partial charge on any atom is -0.519 e. The SMILES string of the molecule is [CH2]C(=O)O[Si](C)(CCCC)CCCC. The van der Waals surface area contributed by atoms with Crippen molar-refractivity contribution in [2.45, 2.75) is 58.2 Å². The average Bonchev–Trinajstić information content (AvgIpc) is 2.11. The highest BCUT2D eigenvalue weighted by molar-refractivity contribution is 6.73. The van der Waals surface area contributed by atoms with E-state index >= 15 is 0 Å². The molecule has 0 aromatic rings. The van der Waals surface area contributed by atoms with E-state index in [1.54, 1.807) is 0 Å². The van der Waals surface area contributed by atoms with Crippen LogP contribution in [0.4, 0.5) is 0 Å². The lowest BCUT2D eigenvalue weighted by Gasteiger charge is -2.26. The van der Waals surface area contributed by atoms with Crippen molar-refractivity contribution in [1.29, 1.82) is 0 Å². The summed E-state index contributed by atoms with van der Waals surface area (Å²) < 4.78 is 5.43. The summed E-state index contributed by atoms with van der Waals surface area (Å²) in [5.74, 6) is -0.341. The van der Waals surface area contributed by atoms with Crippen molar-refractivity contribution < 1.29 is 9.22 Å². The van der Waals surface area contributed by atoms with E-state index in [1.165, 1.54) is 25.7 Å². The maximum absolute atomic E-state index is 10.9. The molecule has 3 heteroatoms. The van der Waals surface area contributed by atoms with Crippen molar-refractivity contribution in [3.8, 4) is 0 Å². The van der Waals surface area contributed by atoms with Gasteiger partial charge >= 0.3 is 0 Å². The minimum absolute atomic E-state index is 0.341. The Hall–Kier alpha value is -0.313. The molecule has 0 bridgehead atoms. The number of carbonyl (C=O) groups excluding carboxylic acids is 1. The number of rotatable bonds is 7. The van der Waals surface area contributed by atoms with Gasteiger partial charge in [-0.1, -0.05) is 39.5 Å². The molecule has 14 heavy (non-hydrogen) atoms. The van der Waals surface area contributed by atoms with Crippen LogP contribution < -0.4 is 0 Å². The molecule has 0 fully saturated rings. The monoisotopic (exact) mass is 215 g/mol. The third-order valence-electron chi connectivity index (χ3n) is 2.48. The van der Waals surface area contributed by atoms with E-state index in [4.69, 9.17) is 4.43 Å². The number of hydrogen-bond acceptors (Lipinski definition) is 2. The summed E-state index contributed by atoms with van der Waals surface area (Å²) in [6.07, 6.45) is 4.67. The van der Waals surface area contributed by atoms with Crippen LogP contribution in [0.25, 0.3) is 0 Å². The molecule has 0 aromatic carbocycles. The van der Waals surface area contributed by atoms with Crippen molar-refractivity contribution in [1.82, 2.24) is 0 Å². The van der Waals surface area contributed by atoms with Gasteiger partial charge in [-0.25, -0.2) is 0 Å². The molecule has 0 amide bonds. The normalized spacial score (nSPS) is 11.4. The van der Waals surface area contributed by atoms with E-state index in [0.717, 1.165) is 12.1 Å². The largest absolute Gasteiger partial charge is 0.519 e. The predicted molar refractivity (Wildman–Crippen MR) is 62.5 cm³/mol. The maximum Gasteiger partial charge on any atom is 0.293 e. The Morgan fingerprint density at radius 3 is 1.93 bits per heavy atom. The highest BCUT2D eigenvalue weighted by Crippen LogP contribution is 2.23. The molecule has 83 valence electrons. The Balaban J connectivity index is 4.09. The topological polar surface area (TPSA) is 26.3 Å². The standard InChI is InChI=1S/C11H23O2Si/c1-5-7-9-14(4,10-8-6-2)13-11(3)12/h3,5-10H2,1-2,4H3. The van der Waals surface area contributed by atoms with E-state index in [1.807, 2.05) is 0 Å². The molecule has 0 spiro atoms. The second-order valence-corrected chi connectivity index (χ2v) is 8.24. The van der Waals surface area contributed by atoms with Crippen molar-refractivity contribution in [2.75, 3.05) is 0 Å². The van der Waals surface area contributed by atoms with Crippen molar-refractivity contribution in [3.63, 3.8) is 0 Å². The van der Waals surface area contributed by atoms with Gasteiger partial charge in [0.15, 0.2) is 0 Å². The zero-order chi connectivity index (χ0) is 11.0. The fourth-order valence-electron chi connectivity index (χ4n) is 1.60. The molecule has 0 unspecified atom stereocenters. The Morgan fingerprint density at radius 2 is 1.64 bits per heavy atom. The van der Waals surface area contributed by atoms with Crippen LogP contribution in [0.5, 0.6) is 0 Å². The fourth-order valence-corrected chi connectivity index (χ4v) is 4.81. The summed E-state index contributed by atoms with van der Waals surface area (Å²) >= 11 is 0. The second kappa shape index (κ2) is 7.04. The van der Waals surface area contributed by atoms with Gasteiger partial charge in [0.1, 0.15) is 0 Å². The fraction of sp³-hybridized carbons (Fsp3) is 0.818. The van der Waals surface area contributed by atoms with E-state index < -0.39 is 8.32 Å². The maximum atomic E-state index is 10.9. The first-order chi connectivity index (χ1) is 6.54. The smallest absolute Gasteiger partial charge is 0.293 e. The Labute approximate surface area is 89.2 Å². The zero-order valence-corrected chi connectivity index (χ0v) is 10.8. The molecule has 0 saturated heterocycles. The molecule has 0 aliphatic carbocycles. The van der Waals surface area contributed by atoms with E-state index in [2.05, 4.69) is 27.3 Å². The van der Waals surface area contributed by atoms with E-state index in [-0.39, 0.29) is 5.97 Å². The van der Waals surface area contributed by atoms with Crippen molar-refractivity contribution in [2.24, 2.45) is 0 Å². The van der Waals surface area contributed by atoms with Crippen LogP contribution in [0.1, 0.15) is 39.5 Å². The van der Waals surface area contributed by atoms with Crippen LogP contribution in [0.3, 0.4) is 0 Å². The van der Waals surface area contributed by atoms with Gasteiger partial charge in [-0.05, 0) is 18.6 Å². The van der Waals surface area contributed by atoms with Crippen molar-refractivity contribution >= 4 is 14.3 Å². The molecule has 0 rings (SSSR count). The molecule has 0 N–H and O–H groups in total. The number of unbranched alkanes of at least 4 members (excludes halogenated alkanes) is 2. The van der Waals surface area contributed by atoms with Crippen LogP contribution in [0, 0.1) is 6.92 Å². The second-order valence-electron chi connectivity index (χ2n) is 4.13. The molecule has 0 heterocycles. The van der Waals surface area contributed by atoms with Gasteiger partial charge in [0.25, 0.3) is 14.3 Å². The lowest BCUT2D eigenvalue weighted by atomic mass is 10.4. The van der Waals surface area contributed by atoms with Crippen LogP contribution in [0.2, 0.25) is 18.6 Å². The Kier molecular flexibility index (Phi) is 6.88. The number of carbonyl (C=O) groups is 1. The zero-order valence-electron chi connectivity index (χ0n) is 9.77. The molecule has 0 aliphatic heterocycles. The average molecular weight is 215 g/mol. The van der Waals surface area contributed by atoms with Crippen molar-refractivity contribution in [3.05, 3.63) is 6.92 Å². The van der Waals surface area contributed by atoms with Crippen LogP contribution in [0.15, 0.2) is 0 Å². The molecular weight excluding hydrogens is 192 g/mol. The third-order valence-corrected chi connectivity index (χ3v) is 6.02. The molecule has 0 aromatic heterocycles. The van der Waals surface area contributed by atoms with Gasteiger partial charge in [-0.3, -0.25) is 4.79 Å². The molecule has 2 nitrogen and oxygen atoms in total. The molecule has 0 aliphatic rings. The highest BCUT2D eigenvalue weighted by Gasteiger charge is 2.30. The summed E-state index contributed by atoms with van der Waals surface area (Å²) in [6.45, 7) is 9.80. The minimum atomic E-state index is -1.77. The van der Waals surface area contributed by atoms with Gasteiger partial charge in [-0.2, -0.15) is 0 Å². The lowest BCUT2D eigenvalue weighted by Crippen LogP contribution is -2.36. The van der Waals surface area contributed by atoms with Gasteiger partial charge in [0.2, 0.25) is 0 Å². The van der Waals surface area contributed by atoms with Gasteiger partial charge in [0.05, 0.1) is 6.92 Å². The first-order valence-corrected chi connectivity index (χ1v) is 8.41. The molecule has 1 radical (unpaired) electrons. The third kappa shape index (κ3) is 6.19. The summed E-state index contributed by atoms with van der Waals surface area (Å²) in [6, 6.07) is 2.18. The molecular formula is C11H23O2Si. The summed E-state index contributed by atoms with van der Waals surface area (Å²) in [5, 5.41) is 0. The number of hydrogen-bond donors (Lipinski definition) is 0. The Morgan fingerprint density at radius 1 is 1.21 bits per heavy atom. The summed E-state index contributed by atoms with van der Waals surface area (Å²) in [7, 11) is -1.77. The van der Waals surface area contributed by atoms with Crippen LogP contribution in [-0.2, 0) is 9.22 Å².